The Hall–Kier alpha value is -2.14. The molecule has 1 aromatic carbocycles. The fourth-order valence-electron chi connectivity index (χ4n) is 1.98. The molecule has 19 heavy (non-hydrogen) atoms. The molecule has 0 saturated carbocycles. The van der Waals surface area contributed by atoms with Crippen molar-refractivity contribution < 1.29 is 8.91 Å². The van der Waals surface area contributed by atoms with E-state index in [1.807, 2.05) is 24.4 Å². The van der Waals surface area contributed by atoms with Crippen LogP contribution in [0.5, 0.6) is 0 Å². The SMILES string of the molecule is Cc1ccc(F)cc1-c1onc(N)c1-c1cccs1. The van der Waals surface area contributed by atoms with Crippen LogP contribution in [0.4, 0.5) is 10.2 Å². The maximum Gasteiger partial charge on any atom is 0.178 e. The molecular weight excluding hydrogens is 263 g/mol. The van der Waals surface area contributed by atoms with Gasteiger partial charge in [-0.1, -0.05) is 17.3 Å². The van der Waals surface area contributed by atoms with E-state index in [1.54, 1.807) is 6.07 Å². The molecule has 5 heteroatoms. The standard InChI is InChI=1S/C14H11FN2OS/c1-8-4-5-9(15)7-10(8)13-12(14(16)17-18-13)11-3-2-6-19-11/h2-7H,1H3,(H2,16,17). The minimum atomic E-state index is -0.312. The number of rotatable bonds is 2. The molecule has 0 fully saturated rings. The lowest BCUT2D eigenvalue weighted by atomic mass is 10.0. The van der Waals surface area contributed by atoms with E-state index in [0.29, 0.717) is 17.1 Å². The van der Waals surface area contributed by atoms with Gasteiger partial charge in [-0.05, 0) is 36.1 Å². The molecule has 0 spiro atoms. The van der Waals surface area contributed by atoms with Crippen LogP contribution in [0.2, 0.25) is 0 Å². The van der Waals surface area contributed by atoms with Crippen molar-refractivity contribution in [3.63, 3.8) is 0 Å². The number of hydrogen-bond acceptors (Lipinski definition) is 4. The number of thiophene rings is 1. The van der Waals surface area contributed by atoms with E-state index in [0.717, 1.165) is 16.0 Å². The first-order valence-electron chi connectivity index (χ1n) is 5.72. The highest BCUT2D eigenvalue weighted by Crippen LogP contribution is 2.39. The predicted molar refractivity (Wildman–Crippen MR) is 74.4 cm³/mol. The van der Waals surface area contributed by atoms with Gasteiger partial charge in [0, 0.05) is 10.4 Å². The molecule has 0 radical (unpaired) electrons. The van der Waals surface area contributed by atoms with E-state index in [2.05, 4.69) is 5.16 Å². The highest BCUT2D eigenvalue weighted by atomic mass is 32.1. The second-order valence-corrected chi connectivity index (χ2v) is 5.16. The Kier molecular flexibility index (Phi) is 2.83. The number of nitrogens with two attached hydrogens (primary N) is 1. The first-order valence-corrected chi connectivity index (χ1v) is 6.60. The maximum atomic E-state index is 13.4. The monoisotopic (exact) mass is 274 g/mol. The number of aryl methyl sites for hydroxylation is 1. The summed E-state index contributed by atoms with van der Waals surface area (Å²) in [4.78, 5) is 0.956. The van der Waals surface area contributed by atoms with E-state index < -0.39 is 0 Å². The summed E-state index contributed by atoms with van der Waals surface area (Å²) in [5, 5.41) is 5.76. The molecule has 3 aromatic rings. The number of nitrogen functional groups attached to an aromatic ring is 1. The van der Waals surface area contributed by atoms with Crippen LogP contribution >= 0.6 is 11.3 Å². The van der Waals surface area contributed by atoms with Crippen molar-refractivity contribution >= 4 is 17.2 Å². The lowest BCUT2D eigenvalue weighted by molar-refractivity contribution is 0.435. The summed E-state index contributed by atoms with van der Waals surface area (Å²) in [6.07, 6.45) is 0. The number of halogens is 1. The number of hydrogen-bond donors (Lipinski definition) is 1. The Morgan fingerprint density at radius 3 is 2.89 bits per heavy atom. The Balaban J connectivity index is 2.24. The summed E-state index contributed by atoms with van der Waals surface area (Å²) < 4.78 is 18.7. The van der Waals surface area contributed by atoms with Crippen molar-refractivity contribution in [3.8, 4) is 21.8 Å². The minimum absolute atomic E-state index is 0.312. The van der Waals surface area contributed by atoms with Gasteiger partial charge in [0.05, 0.1) is 5.56 Å². The summed E-state index contributed by atoms with van der Waals surface area (Å²) in [5.74, 6) is 0.519. The average molecular weight is 274 g/mol. The molecule has 0 aliphatic carbocycles. The number of benzene rings is 1. The van der Waals surface area contributed by atoms with Crippen LogP contribution < -0.4 is 5.73 Å². The van der Waals surface area contributed by atoms with E-state index in [9.17, 15) is 4.39 Å². The van der Waals surface area contributed by atoms with Crippen molar-refractivity contribution in [2.75, 3.05) is 5.73 Å². The molecule has 0 aliphatic heterocycles. The van der Waals surface area contributed by atoms with E-state index in [1.165, 1.54) is 23.5 Å². The van der Waals surface area contributed by atoms with Crippen molar-refractivity contribution in [3.05, 3.63) is 47.1 Å². The molecule has 3 nitrogen and oxygen atoms in total. The van der Waals surface area contributed by atoms with Crippen molar-refractivity contribution in [2.24, 2.45) is 0 Å². The summed E-state index contributed by atoms with van der Waals surface area (Å²) in [6, 6.07) is 8.43. The van der Waals surface area contributed by atoms with Crippen LogP contribution in [0.1, 0.15) is 5.56 Å². The van der Waals surface area contributed by atoms with E-state index in [-0.39, 0.29) is 5.82 Å². The minimum Gasteiger partial charge on any atom is -0.380 e. The smallest absolute Gasteiger partial charge is 0.178 e. The van der Waals surface area contributed by atoms with Crippen LogP contribution in [0.25, 0.3) is 21.8 Å². The second-order valence-electron chi connectivity index (χ2n) is 4.21. The van der Waals surface area contributed by atoms with Gasteiger partial charge in [0.2, 0.25) is 0 Å². The summed E-state index contributed by atoms with van der Waals surface area (Å²) >= 11 is 1.54. The third-order valence-electron chi connectivity index (χ3n) is 2.93. The molecule has 3 rings (SSSR count). The number of anilines is 1. The molecular formula is C14H11FN2OS. The van der Waals surface area contributed by atoms with E-state index in [4.69, 9.17) is 10.3 Å². The Morgan fingerprint density at radius 2 is 2.16 bits per heavy atom. The van der Waals surface area contributed by atoms with Gasteiger partial charge >= 0.3 is 0 Å². The van der Waals surface area contributed by atoms with Gasteiger partial charge < -0.3 is 10.3 Å². The van der Waals surface area contributed by atoms with E-state index >= 15 is 0 Å². The first kappa shape index (κ1) is 11.9. The highest BCUT2D eigenvalue weighted by molar-refractivity contribution is 7.13. The normalized spacial score (nSPS) is 10.8. The molecule has 0 bridgehead atoms. The molecule has 0 amide bonds. The molecule has 2 aromatic heterocycles. The fraction of sp³-hybridized carbons (Fsp3) is 0.0714. The highest BCUT2D eigenvalue weighted by Gasteiger charge is 2.20. The van der Waals surface area contributed by atoms with Gasteiger partial charge in [0.25, 0.3) is 0 Å². The second kappa shape index (κ2) is 4.51. The molecule has 96 valence electrons. The summed E-state index contributed by atoms with van der Waals surface area (Å²) in [5.41, 5.74) is 8.18. The molecule has 0 atom stereocenters. The van der Waals surface area contributed by atoms with Crippen LogP contribution in [0.15, 0.2) is 40.2 Å². The van der Waals surface area contributed by atoms with Crippen molar-refractivity contribution in [1.29, 1.82) is 0 Å². The zero-order valence-electron chi connectivity index (χ0n) is 10.2. The quantitative estimate of drug-likeness (QED) is 0.765. The van der Waals surface area contributed by atoms with Crippen LogP contribution in [0.3, 0.4) is 0 Å². The lowest BCUT2D eigenvalue weighted by Gasteiger charge is -2.04. The van der Waals surface area contributed by atoms with Crippen molar-refractivity contribution in [2.45, 2.75) is 6.92 Å². The van der Waals surface area contributed by atoms with Gasteiger partial charge in [-0.25, -0.2) is 4.39 Å². The number of nitrogens with zero attached hydrogens (tertiary/aromatic N) is 1. The van der Waals surface area contributed by atoms with Gasteiger partial charge in [0.15, 0.2) is 11.6 Å². The van der Waals surface area contributed by atoms with Gasteiger partial charge in [-0.2, -0.15) is 0 Å². The van der Waals surface area contributed by atoms with Gasteiger partial charge in [-0.15, -0.1) is 11.3 Å². The molecule has 2 N–H and O–H groups in total. The topological polar surface area (TPSA) is 52.0 Å². The van der Waals surface area contributed by atoms with Crippen LogP contribution in [0, 0.1) is 12.7 Å². The maximum absolute atomic E-state index is 13.4. The van der Waals surface area contributed by atoms with Gasteiger partial charge in [0.1, 0.15) is 5.82 Å². The molecule has 2 heterocycles. The molecule has 0 aliphatic rings. The predicted octanol–water partition coefficient (Wildman–Crippen LogP) is 4.10. The third-order valence-corrected chi connectivity index (χ3v) is 3.82. The summed E-state index contributed by atoms with van der Waals surface area (Å²) in [7, 11) is 0. The Labute approximate surface area is 113 Å². The largest absolute Gasteiger partial charge is 0.380 e. The summed E-state index contributed by atoms with van der Waals surface area (Å²) in [6.45, 7) is 1.89. The zero-order valence-corrected chi connectivity index (χ0v) is 11.0. The molecule has 0 saturated heterocycles. The Morgan fingerprint density at radius 1 is 1.32 bits per heavy atom. The lowest BCUT2D eigenvalue weighted by Crippen LogP contribution is -1.89. The third kappa shape index (κ3) is 2.02. The number of aromatic nitrogens is 1. The Bertz CT molecular complexity index is 719. The molecule has 0 unspecified atom stereocenters. The van der Waals surface area contributed by atoms with Gasteiger partial charge in [-0.3, -0.25) is 0 Å². The van der Waals surface area contributed by atoms with Crippen LogP contribution in [-0.4, -0.2) is 5.16 Å². The van der Waals surface area contributed by atoms with Crippen LogP contribution in [-0.2, 0) is 0 Å². The average Bonchev–Trinajstić information content (AvgIpc) is 3.01. The van der Waals surface area contributed by atoms with Crippen molar-refractivity contribution in [1.82, 2.24) is 5.16 Å². The first-order chi connectivity index (χ1) is 9.16. The fourth-order valence-corrected chi connectivity index (χ4v) is 2.76. The zero-order chi connectivity index (χ0) is 13.4.